The molecule has 0 rings (SSSR count). The van der Waals surface area contributed by atoms with E-state index in [-0.39, 0.29) is 0 Å². The molecule has 0 aliphatic rings. The molecule has 0 saturated carbocycles. The fourth-order valence-corrected chi connectivity index (χ4v) is 3.17. The molecule has 0 bridgehead atoms. The Kier molecular flexibility index (Phi) is 11.4. The molecule has 0 N–H and O–H groups in total. The lowest BCUT2D eigenvalue weighted by Crippen LogP contribution is -2.42. The maximum atomic E-state index is 10.6. The van der Waals surface area contributed by atoms with E-state index in [9.17, 15) is 9.46 Å². The fourth-order valence-electron chi connectivity index (χ4n) is 1.50. The highest BCUT2D eigenvalue weighted by Gasteiger charge is 2.12. The number of hydrogen-bond donors (Lipinski definition) is 0. The Hall–Kier alpha value is 0.327. The van der Waals surface area contributed by atoms with Gasteiger partial charge in [-0.1, -0.05) is 25.7 Å². The van der Waals surface area contributed by atoms with Crippen LogP contribution in [0.4, 0.5) is 0 Å². The van der Waals surface area contributed by atoms with E-state index >= 15 is 0 Å². The van der Waals surface area contributed by atoms with Crippen molar-refractivity contribution in [2.45, 2.75) is 52.9 Å². The summed E-state index contributed by atoms with van der Waals surface area (Å²) in [6.07, 6.45) is 0.857. The second kappa shape index (κ2) is 10.1. The van der Waals surface area contributed by atoms with Crippen molar-refractivity contribution in [3.63, 3.8) is 0 Å². The molecule has 1 atom stereocenters. The van der Waals surface area contributed by atoms with Gasteiger partial charge in [-0.25, -0.2) is 0 Å². The van der Waals surface area contributed by atoms with Gasteiger partial charge in [0, 0.05) is 14.7 Å². The molecular weight excluding hydrogens is 289 g/mol. The fraction of sp³-hybridized carbons (Fsp3) is 1.00. The third-order valence-electron chi connectivity index (χ3n) is 3.69. The molecule has 6 heteroatoms. The van der Waals surface area contributed by atoms with E-state index in [4.69, 9.17) is 0 Å². The van der Waals surface area contributed by atoms with E-state index < -0.39 is 15.7 Å². The van der Waals surface area contributed by atoms with Gasteiger partial charge in [0.25, 0.3) is 0 Å². The summed E-state index contributed by atoms with van der Waals surface area (Å²) < 4.78 is 16.4. The van der Waals surface area contributed by atoms with Gasteiger partial charge in [-0.3, -0.25) is 0 Å². The highest BCUT2D eigenvalue weighted by Crippen LogP contribution is 2.31. The van der Waals surface area contributed by atoms with Crippen molar-refractivity contribution in [1.29, 1.82) is 0 Å². The van der Waals surface area contributed by atoms with Crippen molar-refractivity contribution in [1.82, 2.24) is 0 Å². The summed E-state index contributed by atoms with van der Waals surface area (Å²) in [5, 5.41) is 0. The minimum absolute atomic E-state index is 0.349. The van der Waals surface area contributed by atoms with Crippen LogP contribution in [0.2, 0.25) is 25.7 Å². The minimum Gasteiger partial charge on any atom is -0.779 e. The van der Waals surface area contributed by atoms with Crippen molar-refractivity contribution in [3.05, 3.63) is 0 Å². The van der Waals surface area contributed by atoms with Crippen molar-refractivity contribution in [3.8, 4) is 0 Å². The molecule has 0 aromatic rings. The first-order chi connectivity index (χ1) is 8.89. The molecule has 0 amide bonds. The zero-order chi connectivity index (χ0) is 16.4. The lowest BCUT2D eigenvalue weighted by atomic mass is 10.4. The molecule has 4 nitrogen and oxygen atoms in total. The Balaban J connectivity index is 0. The standard InChI is InChI=1S/C7H18N.C7H19O3PSi/c1-5-8(4,6-2)7-3;1-11(8,9)10-6-5-7-12(2,3)4/h5-7H2,1-4H3;5-7H2,1-4H3,(H,8,9)/q+1;/p-1. The summed E-state index contributed by atoms with van der Waals surface area (Å²) in [5.41, 5.74) is 0. The van der Waals surface area contributed by atoms with Gasteiger partial charge in [0.05, 0.1) is 33.3 Å². The molecule has 0 aromatic carbocycles. The first-order valence-corrected chi connectivity index (χ1v) is 13.4. The normalized spacial score (nSPS) is 15.2. The van der Waals surface area contributed by atoms with Crippen molar-refractivity contribution < 1.29 is 18.5 Å². The molecule has 0 fully saturated rings. The van der Waals surface area contributed by atoms with E-state index in [1.165, 1.54) is 24.1 Å². The summed E-state index contributed by atoms with van der Waals surface area (Å²) in [7, 11) is -2.22. The zero-order valence-corrected chi connectivity index (χ0v) is 16.8. The molecule has 0 radical (unpaired) electrons. The van der Waals surface area contributed by atoms with E-state index in [2.05, 4.69) is 52.0 Å². The van der Waals surface area contributed by atoms with Crippen LogP contribution < -0.4 is 4.89 Å². The molecule has 0 spiro atoms. The molecule has 0 saturated heterocycles. The monoisotopic (exact) mass is 325 g/mol. The summed E-state index contributed by atoms with van der Waals surface area (Å²) in [6.45, 7) is 18.7. The highest BCUT2D eigenvalue weighted by molar-refractivity contribution is 7.50. The Bertz CT molecular complexity index is 274. The van der Waals surface area contributed by atoms with Gasteiger partial charge in [0.1, 0.15) is 7.60 Å². The maximum absolute atomic E-state index is 10.6. The van der Waals surface area contributed by atoms with Gasteiger partial charge >= 0.3 is 0 Å². The molecular formula is C14H36NO3PSi. The maximum Gasteiger partial charge on any atom is 0.131 e. The van der Waals surface area contributed by atoms with Gasteiger partial charge < -0.3 is 18.5 Å². The third kappa shape index (κ3) is 16.4. The molecule has 0 aliphatic heterocycles. The zero-order valence-electron chi connectivity index (χ0n) is 14.9. The number of hydrogen-bond acceptors (Lipinski definition) is 3. The minimum atomic E-state index is -3.48. The topological polar surface area (TPSA) is 49.4 Å². The van der Waals surface area contributed by atoms with Gasteiger partial charge in [0.15, 0.2) is 0 Å². The van der Waals surface area contributed by atoms with Crippen LogP contribution in [0.3, 0.4) is 0 Å². The van der Waals surface area contributed by atoms with Crippen molar-refractivity contribution in [2.75, 3.05) is 40.0 Å². The second-order valence-corrected chi connectivity index (χ2v) is 14.3. The number of nitrogens with zero attached hydrogens (tertiary/aromatic N) is 1. The number of quaternary nitrogens is 1. The predicted octanol–water partition coefficient (Wildman–Crippen LogP) is 3.41. The third-order valence-corrected chi connectivity index (χ3v) is 6.19. The van der Waals surface area contributed by atoms with Gasteiger partial charge in [0.2, 0.25) is 0 Å². The van der Waals surface area contributed by atoms with Gasteiger partial charge in [-0.15, -0.1) is 0 Å². The van der Waals surface area contributed by atoms with Gasteiger partial charge in [-0.2, -0.15) is 0 Å². The van der Waals surface area contributed by atoms with Crippen LogP contribution >= 0.6 is 7.60 Å². The van der Waals surface area contributed by atoms with E-state index in [1.54, 1.807) is 0 Å². The van der Waals surface area contributed by atoms with Crippen LogP contribution in [0.15, 0.2) is 0 Å². The second-order valence-electron chi connectivity index (χ2n) is 6.84. The van der Waals surface area contributed by atoms with E-state index in [1.807, 2.05) is 0 Å². The first-order valence-electron chi connectivity index (χ1n) is 7.65. The van der Waals surface area contributed by atoms with Crippen LogP contribution in [-0.4, -0.2) is 52.5 Å². The van der Waals surface area contributed by atoms with Crippen LogP contribution in [0.5, 0.6) is 0 Å². The van der Waals surface area contributed by atoms with Crippen LogP contribution in [-0.2, 0) is 9.09 Å². The highest BCUT2D eigenvalue weighted by atomic mass is 31.2. The molecule has 0 heterocycles. The Morgan fingerprint density at radius 1 is 1.10 bits per heavy atom. The van der Waals surface area contributed by atoms with Crippen LogP contribution in [0, 0.1) is 0 Å². The Morgan fingerprint density at radius 3 is 1.70 bits per heavy atom. The quantitative estimate of drug-likeness (QED) is 0.297. The Labute approximate surface area is 127 Å². The summed E-state index contributed by atoms with van der Waals surface area (Å²) in [4.78, 5) is 10.6. The lowest BCUT2D eigenvalue weighted by molar-refractivity contribution is -0.904. The number of rotatable bonds is 8. The largest absolute Gasteiger partial charge is 0.779 e. The Morgan fingerprint density at radius 2 is 1.50 bits per heavy atom. The van der Waals surface area contributed by atoms with E-state index in [0.717, 1.165) is 19.1 Å². The molecule has 1 unspecified atom stereocenters. The summed E-state index contributed by atoms with van der Waals surface area (Å²) >= 11 is 0. The molecule has 0 aromatic heterocycles. The molecule has 124 valence electrons. The van der Waals surface area contributed by atoms with Crippen molar-refractivity contribution in [2.24, 2.45) is 0 Å². The average Bonchev–Trinajstić information content (AvgIpc) is 2.32. The average molecular weight is 326 g/mol. The summed E-state index contributed by atoms with van der Waals surface area (Å²) in [6, 6.07) is 1.12. The van der Waals surface area contributed by atoms with Crippen molar-refractivity contribution >= 4 is 15.7 Å². The smallest absolute Gasteiger partial charge is 0.131 e. The van der Waals surface area contributed by atoms with Crippen LogP contribution in [0.1, 0.15) is 27.2 Å². The predicted molar refractivity (Wildman–Crippen MR) is 90.1 cm³/mol. The SMILES string of the molecule is CC[N+](C)(CC)CC.C[Si](C)(C)CCCOP(C)(=O)[O-]. The van der Waals surface area contributed by atoms with Gasteiger partial charge in [-0.05, 0) is 27.2 Å². The summed E-state index contributed by atoms with van der Waals surface area (Å²) in [5.74, 6) is 0. The first kappa shape index (κ1) is 22.6. The van der Waals surface area contributed by atoms with Crippen LogP contribution in [0.25, 0.3) is 0 Å². The van der Waals surface area contributed by atoms with E-state index in [0.29, 0.717) is 6.61 Å². The molecule has 0 aliphatic carbocycles. The lowest BCUT2D eigenvalue weighted by Gasteiger charge is -2.30. The molecule has 20 heavy (non-hydrogen) atoms.